The fourth-order valence-electron chi connectivity index (χ4n) is 1.78. The van der Waals surface area contributed by atoms with Gasteiger partial charge in [0.25, 0.3) is 0 Å². The molecule has 4 nitrogen and oxygen atoms in total. The number of hydrogen-bond donors (Lipinski definition) is 1. The van der Waals surface area contributed by atoms with E-state index in [9.17, 15) is 4.79 Å². The molecule has 0 aliphatic rings. The summed E-state index contributed by atoms with van der Waals surface area (Å²) in [7, 11) is 0. The van der Waals surface area contributed by atoms with Crippen molar-refractivity contribution in [2.24, 2.45) is 0 Å². The summed E-state index contributed by atoms with van der Waals surface area (Å²) in [6.45, 7) is 2.92. The van der Waals surface area contributed by atoms with E-state index in [1.807, 2.05) is 16.8 Å². The van der Waals surface area contributed by atoms with E-state index >= 15 is 0 Å². The van der Waals surface area contributed by atoms with Gasteiger partial charge in [0.2, 0.25) is 0 Å². The van der Waals surface area contributed by atoms with Crippen molar-refractivity contribution in [3.05, 3.63) is 42.1 Å². The zero-order chi connectivity index (χ0) is 12.3. The van der Waals surface area contributed by atoms with Crippen LogP contribution in [-0.2, 0) is 6.54 Å². The Hall–Kier alpha value is -2.10. The van der Waals surface area contributed by atoms with Crippen molar-refractivity contribution in [3.63, 3.8) is 0 Å². The molecule has 0 radical (unpaired) electrons. The van der Waals surface area contributed by atoms with Crippen LogP contribution >= 0.6 is 0 Å². The molecule has 0 saturated heterocycles. The smallest absolute Gasteiger partial charge is 0.335 e. The number of carboxylic acids is 1. The zero-order valence-electron chi connectivity index (χ0n) is 9.63. The van der Waals surface area contributed by atoms with Crippen LogP contribution in [0, 0.1) is 0 Å². The summed E-state index contributed by atoms with van der Waals surface area (Å²) in [5, 5.41) is 13.2. The first-order valence-electron chi connectivity index (χ1n) is 5.58. The summed E-state index contributed by atoms with van der Waals surface area (Å²) in [5.74, 6) is -0.909. The Morgan fingerprint density at radius 2 is 2.24 bits per heavy atom. The molecule has 0 amide bonds. The lowest BCUT2D eigenvalue weighted by atomic mass is 10.1. The number of benzene rings is 1. The van der Waals surface area contributed by atoms with Gasteiger partial charge in [0.1, 0.15) is 0 Å². The van der Waals surface area contributed by atoms with Crippen molar-refractivity contribution in [2.45, 2.75) is 19.9 Å². The highest BCUT2D eigenvalue weighted by Crippen LogP contribution is 2.20. The normalized spacial score (nSPS) is 10.4. The molecule has 88 valence electrons. The van der Waals surface area contributed by atoms with Gasteiger partial charge in [0, 0.05) is 18.3 Å². The molecule has 1 heterocycles. The Labute approximate surface area is 99.5 Å². The predicted octanol–water partition coefficient (Wildman–Crippen LogP) is 2.66. The Morgan fingerprint density at radius 1 is 1.41 bits per heavy atom. The van der Waals surface area contributed by atoms with Crippen LogP contribution in [0.5, 0.6) is 0 Å². The minimum Gasteiger partial charge on any atom is -0.478 e. The van der Waals surface area contributed by atoms with Crippen LogP contribution in [0.2, 0.25) is 0 Å². The van der Waals surface area contributed by atoms with E-state index in [0.29, 0.717) is 5.56 Å². The lowest BCUT2D eigenvalue weighted by Gasteiger charge is -2.06. The van der Waals surface area contributed by atoms with Gasteiger partial charge in [-0.05, 0) is 24.6 Å². The van der Waals surface area contributed by atoms with Gasteiger partial charge in [-0.25, -0.2) is 4.79 Å². The number of hydrogen-bond acceptors (Lipinski definition) is 2. The van der Waals surface area contributed by atoms with Crippen LogP contribution in [0.3, 0.4) is 0 Å². The molecule has 0 saturated carbocycles. The summed E-state index contributed by atoms with van der Waals surface area (Å²) in [6, 6.07) is 8.81. The number of aromatic nitrogens is 2. The minimum atomic E-state index is -0.909. The number of carbonyl (C=O) groups is 1. The molecule has 0 atom stereocenters. The Morgan fingerprint density at radius 3 is 2.94 bits per heavy atom. The van der Waals surface area contributed by atoms with Crippen molar-refractivity contribution in [3.8, 4) is 11.3 Å². The number of aromatic carboxylic acids is 1. The summed E-state index contributed by atoms with van der Waals surface area (Å²) < 4.78 is 1.89. The quantitative estimate of drug-likeness (QED) is 0.878. The first-order valence-corrected chi connectivity index (χ1v) is 5.58. The highest BCUT2D eigenvalue weighted by molar-refractivity contribution is 5.89. The minimum absolute atomic E-state index is 0.298. The molecule has 1 aromatic heterocycles. The molecule has 0 spiro atoms. The van der Waals surface area contributed by atoms with E-state index in [1.54, 1.807) is 24.4 Å². The lowest BCUT2D eigenvalue weighted by molar-refractivity contribution is 0.0697. The van der Waals surface area contributed by atoms with Gasteiger partial charge in [0.05, 0.1) is 11.3 Å². The Kier molecular flexibility index (Phi) is 3.23. The highest BCUT2D eigenvalue weighted by Gasteiger charge is 2.08. The van der Waals surface area contributed by atoms with Crippen molar-refractivity contribution < 1.29 is 9.90 Å². The van der Waals surface area contributed by atoms with Crippen LogP contribution in [0.1, 0.15) is 23.7 Å². The number of rotatable bonds is 4. The SMILES string of the molecule is CCCn1nccc1-c1cccc(C(=O)O)c1. The maximum atomic E-state index is 10.9. The molecule has 1 N–H and O–H groups in total. The third-order valence-electron chi connectivity index (χ3n) is 2.56. The van der Waals surface area contributed by atoms with Crippen molar-refractivity contribution in [1.29, 1.82) is 0 Å². The molecular weight excluding hydrogens is 216 g/mol. The summed E-state index contributed by atoms with van der Waals surface area (Å²) in [4.78, 5) is 10.9. The molecule has 2 aromatic rings. The number of nitrogens with zero attached hydrogens (tertiary/aromatic N) is 2. The second-order valence-electron chi connectivity index (χ2n) is 3.83. The van der Waals surface area contributed by atoms with Gasteiger partial charge in [-0.3, -0.25) is 4.68 Å². The van der Waals surface area contributed by atoms with Crippen LogP contribution in [0.4, 0.5) is 0 Å². The molecular formula is C13H14N2O2. The highest BCUT2D eigenvalue weighted by atomic mass is 16.4. The summed E-state index contributed by atoms with van der Waals surface area (Å²) >= 11 is 0. The molecule has 1 aromatic carbocycles. The van der Waals surface area contributed by atoms with Crippen LogP contribution in [-0.4, -0.2) is 20.9 Å². The van der Waals surface area contributed by atoms with E-state index in [1.165, 1.54) is 0 Å². The predicted molar refractivity (Wildman–Crippen MR) is 64.9 cm³/mol. The molecule has 0 aliphatic heterocycles. The van der Waals surface area contributed by atoms with Crippen molar-refractivity contribution >= 4 is 5.97 Å². The second kappa shape index (κ2) is 4.82. The average Bonchev–Trinajstić information content (AvgIpc) is 2.78. The van der Waals surface area contributed by atoms with Crippen LogP contribution < -0.4 is 0 Å². The van der Waals surface area contributed by atoms with Gasteiger partial charge in [-0.1, -0.05) is 19.1 Å². The molecule has 0 bridgehead atoms. The van der Waals surface area contributed by atoms with Gasteiger partial charge in [0.15, 0.2) is 0 Å². The lowest BCUT2D eigenvalue weighted by Crippen LogP contribution is -2.02. The van der Waals surface area contributed by atoms with Crippen molar-refractivity contribution in [1.82, 2.24) is 9.78 Å². The van der Waals surface area contributed by atoms with E-state index in [0.717, 1.165) is 24.2 Å². The number of carboxylic acid groups (broad SMARTS) is 1. The van der Waals surface area contributed by atoms with Gasteiger partial charge in [-0.2, -0.15) is 5.10 Å². The third kappa shape index (κ3) is 2.36. The standard InChI is InChI=1S/C13H14N2O2/c1-2-8-15-12(6-7-14-15)10-4-3-5-11(9-10)13(16)17/h3-7,9H,2,8H2,1H3,(H,16,17). The molecule has 17 heavy (non-hydrogen) atoms. The van der Waals surface area contributed by atoms with Crippen LogP contribution in [0.25, 0.3) is 11.3 Å². The molecule has 0 aliphatic carbocycles. The van der Waals surface area contributed by atoms with E-state index < -0.39 is 5.97 Å². The Bertz CT molecular complexity index is 532. The molecule has 2 rings (SSSR count). The Balaban J connectivity index is 2.42. The van der Waals surface area contributed by atoms with Crippen molar-refractivity contribution in [2.75, 3.05) is 0 Å². The number of aryl methyl sites for hydroxylation is 1. The topological polar surface area (TPSA) is 55.1 Å². The molecule has 0 fully saturated rings. The third-order valence-corrected chi connectivity index (χ3v) is 2.56. The largest absolute Gasteiger partial charge is 0.478 e. The van der Waals surface area contributed by atoms with Gasteiger partial charge >= 0.3 is 5.97 Å². The summed E-state index contributed by atoms with van der Waals surface area (Å²) in [6.07, 6.45) is 2.73. The fourth-order valence-corrected chi connectivity index (χ4v) is 1.78. The fraction of sp³-hybridized carbons (Fsp3) is 0.231. The van der Waals surface area contributed by atoms with Gasteiger partial charge in [-0.15, -0.1) is 0 Å². The zero-order valence-corrected chi connectivity index (χ0v) is 9.63. The second-order valence-corrected chi connectivity index (χ2v) is 3.83. The maximum absolute atomic E-state index is 10.9. The van der Waals surface area contributed by atoms with E-state index in [4.69, 9.17) is 5.11 Å². The molecule has 0 unspecified atom stereocenters. The summed E-state index contributed by atoms with van der Waals surface area (Å²) in [5.41, 5.74) is 2.14. The average molecular weight is 230 g/mol. The monoisotopic (exact) mass is 230 g/mol. The first-order chi connectivity index (χ1) is 8.22. The van der Waals surface area contributed by atoms with Crippen LogP contribution in [0.15, 0.2) is 36.5 Å². The first kappa shape index (κ1) is 11.4. The molecule has 4 heteroatoms. The van der Waals surface area contributed by atoms with Gasteiger partial charge < -0.3 is 5.11 Å². The van der Waals surface area contributed by atoms with E-state index in [-0.39, 0.29) is 0 Å². The van der Waals surface area contributed by atoms with E-state index in [2.05, 4.69) is 12.0 Å². The maximum Gasteiger partial charge on any atom is 0.335 e.